The van der Waals surface area contributed by atoms with Gasteiger partial charge < -0.3 is 5.32 Å². The number of halogens is 1. The lowest BCUT2D eigenvalue weighted by Crippen LogP contribution is -2.08. The lowest BCUT2D eigenvalue weighted by atomic mass is 9.96. The second-order valence-electron chi connectivity index (χ2n) is 9.89. The Morgan fingerprint density at radius 1 is 1.33 bits per heavy atom. The van der Waals surface area contributed by atoms with Crippen LogP contribution in [0.3, 0.4) is 0 Å². The number of hydrogen-bond acceptors (Lipinski definition) is 5. The summed E-state index contributed by atoms with van der Waals surface area (Å²) in [6, 6.07) is 5.80. The molecule has 0 bridgehead atoms. The van der Waals surface area contributed by atoms with Crippen LogP contribution in [0.15, 0.2) is 45.1 Å². The summed E-state index contributed by atoms with van der Waals surface area (Å²) in [6.45, 7) is 11.8. The minimum Gasteiger partial charge on any atom is -0.336 e. The van der Waals surface area contributed by atoms with Crippen molar-refractivity contribution in [1.29, 1.82) is 0 Å². The highest BCUT2D eigenvalue weighted by Crippen LogP contribution is 2.49. The van der Waals surface area contributed by atoms with E-state index in [2.05, 4.69) is 73.1 Å². The van der Waals surface area contributed by atoms with Crippen molar-refractivity contribution in [2.45, 2.75) is 77.7 Å². The van der Waals surface area contributed by atoms with Crippen LogP contribution in [-0.4, -0.2) is 10.2 Å². The second kappa shape index (κ2) is 10.3. The molecule has 1 aromatic carbocycles. The van der Waals surface area contributed by atoms with Gasteiger partial charge in [-0.25, -0.2) is 4.39 Å². The highest BCUT2D eigenvalue weighted by molar-refractivity contribution is 8.06. The minimum absolute atomic E-state index is 0.162. The molecule has 4 nitrogen and oxygen atoms in total. The molecule has 2 aromatic rings. The Labute approximate surface area is 205 Å². The fraction of sp³-hybridized carbons (Fsp3) is 0.500. The monoisotopic (exact) mass is 486 g/mol. The lowest BCUT2D eigenvalue weighted by Gasteiger charge is -2.25. The van der Waals surface area contributed by atoms with Gasteiger partial charge >= 0.3 is 0 Å². The number of hydrogen-bond donors (Lipinski definition) is 3. The first-order chi connectivity index (χ1) is 15.8. The van der Waals surface area contributed by atoms with Gasteiger partial charge in [0.05, 0.1) is 5.69 Å². The van der Waals surface area contributed by atoms with E-state index in [1.807, 2.05) is 17.8 Å². The fourth-order valence-electron chi connectivity index (χ4n) is 4.68. The molecule has 0 spiro atoms. The molecule has 0 amide bonds. The van der Waals surface area contributed by atoms with Gasteiger partial charge in [0.2, 0.25) is 0 Å². The smallest absolute Gasteiger partial charge is 0.152 e. The molecular formula is C26H35FN4S2. The molecule has 33 heavy (non-hydrogen) atoms. The molecule has 0 saturated heterocycles. The number of benzene rings is 1. The molecule has 3 N–H and O–H groups in total. The van der Waals surface area contributed by atoms with E-state index in [4.69, 9.17) is 0 Å². The largest absolute Gasteiger partial charge is 0.336 e. The van der Waals surface area contributed by atoms with Gasteiger partial charge in [-0.05, 0) is 77.8 Å². The number of nitrogens with one attached hydrogen (secondary N) is 3. The van der Waals surface area contributed by atoms with Gasteiger partial charge in [0.15, 0.2) is 11.6 Å². The van der Waals surface area contributed by atoms with Gasteiger partial charge in [-0.3, -0.25) is 9.82 Å². The van der Waals surface area contributed by atoms with Gasteiger partial charge in [-0.2, -0.15) is 5.10 Å². The van der Waals surface area contributed by atoms with Gasteiger partial charge in [-0.1, -0.05) is 51.6 Å². The number of H-pyrrole nitrogens is 1. The maximum atomic E-state index is 14.8. The van der Waals surface area contributed by atoms with Gasteiger partial charge in [0.25, 0.3) is 0 Å². The molecule has 1 aromatic heterocycles. The van der Waals surface area contributed by atoms with Crippen LogP contribution in [-0.2, 0) is 6.54 Å². The van der Waals surface area contributed by atoms with E-state index >= 15 is 0 Å². The SMILES string of the molecule is C/C=C(\S/C(=C/CC)C1CCC(c2cc(Nc3ccc4c(c3F)CNS4)n[nH]2)C1)C(C)(C)C. The van der Waals surface area contributed by atoms with E-state index in [-0.39, 0.29) is 11.2 Å². The third-order valence-corrected chi connectivity index (χ3v) is 9.10. The van der Waals surface area contributed by atoms with Crippen LogP contribution in [0.5, 0.6) is 0 Å². The third-order valence-electron chi connectivity index (χ3n) is 6.40. The van der Waals surface area contributed by atoms with Crippen molar-refractivity contribution in [3.63, 3.8) is 0 Å². The molecule has 1 aliphatic carbocycles. The molecule has 4 rings (SSSR count). The first kappa shape index (κ1) is 24.4. The van der Waals surface area contributed by atoms with Crippen molar-refractivity contribution in [3.05, 3.63) is 57.2 Å². The number of thioether (sulfide) groups is 1. The summed E-state index contributed by atoms with van der Waals surface area (Å²) >= 11 is 3.45. The predicted octanol–water partition coefficient (Wildman–Crippen LogP) is 8.26. The van der Waals surface area contributed by atoms with Crippen LogP contribution in [0.25, 0.3) is 0 Å². The Morgan fingerprint density at radius 2 is 2.15 bits per heavy atom. The molecule has 1 aliphatic heterocycles. The van der Waals surface area contributed by atoms with Crippen molar-refractivity contribution in [1.82, 2.24) is 14.9 Å². The van der Waals surface area contributed by atoms with E-state index in [1.165, 1.54) is 28.2 Å². The Kier molecular flexibility index (Phi) is 7.61. The molecule has 0 radical (unpaired) electrons. The molecule has 178 valence electrons. The van der Waals surface area contributed by atoms with Gasteiger partial charge in [-0.15, -0.1) is 0 Å². The number of rotatable bonds is 7. The molecule has 2 atom stereocenters. The van der Waals surface area contributed by atoms with E-state index < -0.39 is 0 Å². The normalized spacial score (nSPS) is 21.5. The second-order valence-corrected chi connectivity index (χ2v) is 11.9. The molecule has 2 aliphatic rings. The number of allylic oxidation sites excluding steroid dienone is 4. The Bertz CT molecular complexity index is 1050. The Morgan fingerprint density at radius 3 is 2.88 bits per heavy atom. The zero-order valence-corrected chi connectivity index (χ0v) is 21.9. The van der Waals surface area contributed by atoms with E-state index in [0.717, 1.165) is 35.4 Å². The van der Waals surface area contributed by atoms with Crippen LogP contribution in [0, 0.1) is 17.2 Å². The number of nitrogens with zero attached hydrogens (tertiary/aromatic N) is 1. The maximum Gasteiger partial charge on any atom is 0.152 e. The maximum absolute atomic E-state index is 14.8. The summed E-state index contributed by atoms with van der Waals surface area (Å²) in [6.07, 6.45) is 9.19. The predicted molar refractivity (Wildman–Crippen MR) is 140 cm³/mol. The minimum atomic E-state index is -0.194. The molecule has 7 heteroatoms. The van der Waals surface area contributed by atoms with E-state index in [9.17, 15) is 4.39 Å². The van der Waals surface area contributed by atoms with E-state index in [0.29, 0.717) is 29.9 Å². The van der Waals surface area contributed by atoms with Gasteiger partial charge in [0, 0.05) is 34.7 Å². The van der Waals surface area contributed by atoms with E-state index in [1.54, 1.807) is 6.07 Å². The van der Waals surface area contributed by atoms with Crippen molar-refractivity contribution >= 4 is 35.2 Å². The quantitative estimate of drug-likeness (QED) is 0.344. The van der Waals surface area contributed by atoms with Crippen LogP contribution >= 0.6 is 23.7 Å². The average Bonchev–Trinajstić information content (AvgIpc) is 3.52. The highest BCUT2D eigenvalue weighted by Gasteiger charge is 2.31. The lowest BCUT2D eigenvalue weighted by molar-refractivity contribution is 0.532. The first-order valence-electron chi connectivity index (χ1n) is 11.9. The summed E-state index contributed by atoms with van der Waals surface area (Å²) in [4.78, 5) is 3.90. The van der Waals surface area contributed by atoms with Crippen molar-refractivity contribution in [3.8, 4) is 0 Å². The summed E-state index contributed by atoms with van der Waals surface area (Å²) in [5.41, 5.74) is 2.51. The number of aromatic nitrogens is 2. The topological polar surface area (TPSA) is 52.7 Å². The molecular weight excluding hydrogens is 451 g/mol. The first-order valence-corrected chi connectivity index (χ1v) is 13.5. The Hall–Kier alpha value is -1.70. The molecule has 2 unspecified atom stereocenters. The van der Waals surface area contributed by atoms with Crippen molar-refractivity contribution in [2.75, 3.05) is 5.32 Å². The molecule has 1 saturated carbocycles. The average molecular weight is 487 g/mol. The summed E-state index contributed by atoms with van der Waals surface area (Å²) in [7, 11) is 0. The molecule has 1 fully saturated rings. The zero-order chi connectivity index (χ0) is 23.6. The van der Waals surface area contributed by atoms with Crippen molar-refractivity contribution < 1.29 is 4.39 Å². The van der Waals surface area contributed by atoms with Crippen LogP contribution in [0.1, 0.15) is 77.5 Å². The van der Waals surface area contributed by atoms with Crippen molar-refractivity contribution in [2.24, 2.45) is 11.3 Å². The third kappa shape index (κ3) is 5.52. The van der Waals surface area contributed by atoms with Crippen LogP contribution < -0.4 is 10.0 Å². The number of fused-ring (bicyclic) bond motifs is 1. The fourth-order valence-corrected chi connectivity index (χ4v) is 6.78. The number of anilines is 2. The van der Waals surface area contributed by atoms with Gasteiger partial charge in [0.1, 0.15) is 0 Å². The summed E-state index contributed by atoms with van der Waals surface area (Å²) in [5, 5.41) is 10.8. The highest BCUT2D eigenvalue weighted by atomic mass is 32.2. The summed E-state index contributed by atoms with van der Waals surface area (Å²) < 4.78 is 18.0. The summed E-state index contributed by atoms with van der Waals surface area (Å²) in [5.74, 6) is 1.51. The van der Waals surface area contributed by atoms with Crippen LogP contribution in [0.4, 0.5) is 15.9 Å². The zero-order valence-electron chi connectivity index (χ0n) is 20.2. The number of aromatic amines is 1. The standard InChI is InChI=1S/C26H35FN4S2/c1-6-8-21(32-23(7-2)26(3,4)5)17-10-9-16(13-17)20-14-24(31-30-20)29-19-11-12-22-18(25(19)27)15-28-33-22/h7-8,11-12,14,16-17,28H,6,9-10,13,15H2,1-5H3,(H2,29,30,31)/b21-8+,23-7-. The van der Waals surface area contributed by atoms with Crippen LogP contribution in [0.2, 0.25) is 0 Å². The molecule has 2 heterocycles. The Balaban J connectivity index is 1.43.